The average Bonchev–Trinajstić information content (AvgIpc) is 2.31. The van der Waals surface area contributed by atoms with Crippen molar-refractivity contribution in [1.82, 2.24) is 4.90 Å². The van der Waals surface area contributed by atoms with E-state index in [1.807, 2.05) is 0 Å². The van der Waals surface area contributed by atoms with Gasteiger partial charge < -0.3 is 10.2 Å². The lowest BCUT2D eigenvalue weighted by molar-refractivity contribution is 0.190. The van der Waals surface area contributed by atoms with Crippen molar-refractivity contribution in [3.63, 3.8) is 0 Å². The number of benzene rings is 1. The topological polar surface area (TPSA) is 15.3 Å². The lowest BCUT2D eigenvalue weighted by Crippen LogP contribution is -2.42. The molecule has 1 aromatic carbocycles. The van der Waals surface area contributed by atoms with Crippen LogP contribution in [0.1, 0.15) is 19.8 Å². The summed E-state index contributed by atoms with van der Waals surface area (Å²) >= 11 is 3.08. The number of likely N-dealkylation sites (tertiary alicyclic amines) is 1. The lowest BCUT2D eigenvalue weighted by Gasteiger charge is -2.35. The number of rotatable bonds is 2. The summed E-state index contributed by atoms with van der Waals surface area (Å²) in [6.45, 7) is 3.15. The third-order valence-corrected chi connectivity index (χ3v) is 4.19. The van der Waals surface area contributed by atoms with Crippen LogP contribution in [0.5, 0.6) is 0 Å². The minimum Gasteiger partial charge on any atom is -0.380 e. The highest BCUT2D eigenvalue weighted by Gasteiger charge is 2.23. The van der Waals surface area contributed by atoms with Gasteiger partial charge in [0.2, 0.25) is 0 Å². The number of nitrogens with zero attached hydrogens (tertiary/aromatic N) is 1. The molecule has 2 nitrogen and oxygen atoms in total. The van der Waals surface area contributed by atoms with E-state index in [0.29, 0.717) is 11.7 Å². The fraction of sp³-hybridized carbons (Fsp3) is 0.538. The maximum atomic E-state index is 13.6. The third-order valence-electron chi connectivity index (χ3n) is 3.58. The molecule has 1 N–H and O–H groups in total. The summed E-state index contributed by atoms with van der Waals surface area (Å²) in [5.41, 5.74) is 0.366. The van der Waals surface area contributed by atoms with Crippen LogP contribution in [0.2, 0.25) is 0 Å². The summed E-state index contributed by atoms with van der Waals surface area (Å²) in [6.07, 6.45) is 1.93. The highest BCUT2D eigenvalue weighted by Crippen LogP contribution is 2.26. The quantitative estimate of drug-likeness (QED) is 0.838. The molecule has 1 heterocycles. The van der Waals surface area contributed by atoms with Gasteiger partial charge in [0.15, 0.2) is 0 Å². The Morgan fingerprint density at radius 3 is 2.72 bits per heavy atom. The van der Waals surface area contributed by atoms with E-state index in [1.54, 1.807) is 0 Å². The van der Waals surface area contributed by atoms with E-state index in [9.17, 15) is 8.78 Å². The standard InChI is InChI=1S/C13H17BrF2N2/c1-8-5-9(3-4-18(8)2)17-13-6-10(14)11(15)7-12(13)16/h6-9,17H,3-5H2,1-2H3. The van der Waals surface area contributed by atoms with Crippen LogP contribution in [-0.2, 0) is 0 Å². The van der Waals surface area contributed by atoms with Crippen LogP contribution >= 0.6 is 15.9 Å². The zero-order chi connectivity index (χ0) is 13.3. The molecule has 1 fully saturated rings. The number of nitrogens with one attached hydrogen (secondary N) is 1. The third kappa shape index (κ3) is 3.01. The molecule has 1 aliphatic rings. The van der Waals surface area contributed by atoms with Gasteiger partial charge in [0.1, 0.15) is 11.6 Å². The van der Waals surface area contributed by atoms with Crippen LogP contribution in [0.15, 0.2) is 16.6 Å². The Balaban J connectivity index is 2.08. The normalized spacial score (nSPS) is 25.2. The molecule has 0 amide bonds. The Bertz CT molecular complexity index is 439. The Labute approximate surface area is 114 Å². The van der Waals surface area contributed by atoms with Crippen LogP contribution in [0.25, 0.3) is 0 Å². The minimum atomic E-state index is -0.574. The highest BCUT2D eigenvalue weighted by atomic mass is 79.9. The summed E-state index contributed by atoms with van der Waals surface area (Å²) in [5.74, 6) is -1.11. The van der Waals surface area contributed by atoms with Crippen molar-refractivity contribution in [3.05, 3.63) is 28.2 Å². The molecule has 0 saturated carbocycles. The van der Waals surface area contributed by atoms with Crippen molar-refractivity contribution in [2.24, 2.45) is 0 Å². The van der Waals surface area contributed by atoms with Crippen molar-refractivity contribution < 1.29 is 8.78 Å². The van der Waals surface area contributed by atoms with Crippen molar-refractivity contribution in [2.45, 2.75) is 31.8 Å². The van der Waals surface area contributed by atoms with Crippen LogP contribution in [-0.4, -0.2) is 30.6 Å². The smallest absolute Gasteiger partial charge is 0.149 e. The Hall–Kier alpha value is -0.680. The Morgan fingerprint density at radius 2 is 2.06 bits per heavy atom. The fourth-order valence-corrected chi connectivity index (χ4v) is 2.62. The van der Waals surface area contributed by atoms with Gasteiger partial charge in [0.25, 0.3) is 0 Å². The molecule has 0 aromatic heterocycles. The van der Waals surface area contributed by atoms with E-state index in [0.717, 1.165) is 25.5 Å². The molecule has 2 rings (SSSR count). The first-order chi connectivity index (χ1) is 8.47. The number of halogens is 3. The van der Waals surface area contributed by atoms with Crippen molar-refractivity contribution >= 4 is 21.6 Å². The monoisotopic (exact) mass is 318 g/mol. The molecule has 1 saturated heterocycles. The van der Waals surface area contributed by atoms with E-state index in [2.05, 4.69) is 40.1 Å². The predicted octanol–water partition coefficient (Wildman–Crippen LogP) is 3.62. The summed E-state index contributed by atoms with van der Waals surface area (Å²) < 4.78 is 27.0. The second kappa shape index (κ2) is 5.53. The number of anilines is 1. The lowest BCUT2D eigenvalue weighted by atomic mass is 9.98. The Kier molecular flexibility index (Phi) is 4.22. The first-order valence-electron chi connectivity index (χ1n) is 6.08. The van der Waals surface area contributed by atoms with Gasteiger partial charge in [-0.3, -0.25) is 0 Å². The van der Waals surface area contributed by atoms with Gasteiger partial charge in [0.05, 0.1) is 10.2 Å². The first-order valence-corrected chi connectivity index (χ1v) is 6.88. The molecule has 0 spiro atoms. The largest absolute Gasteiger partial charge is 0.380 e. The first kappa shape index (κ1) is 13.7. The number of hydrogen-bond donors (Lipinski definition) is 1. The SMILES string of the molecule is CC1CC(Nc2cc(Br)c(F)cc2F)CCN1C. The van der Waals surface area contributed by atoms with Gasteiger partial charge in [0, 0.05) is 24.7 Å². The molecule has 1 aromatic rings. The zero-order valence-electron chi connectivity index (χ0n) is 10.5. The van der Waals surface area contributed by atoms with E-state index in [-0.39, 0.29) is 10.5 Å². The molecular weight excluding hydrogens is 302 g/mol. The van der Waals surface area contributed by atoms with Gasteiger partial charge in [-0.05, 0) is 48.8 Å². The molecule has 2 unspecified atom stereocenters. The van der Waals surface area contributed by atoms with E-state index < -0.39 is 11.6 Å². The molecule has 100 valence electrons. The molecule has 1 aliphatic heterocycles. The second-order valence-corrected chi connectivity index (χ2v) is 5.80. The molecule has 0 bridgehead atoms. The molecule has 0 aliphatic carbocycles. The zero-order valence-corrected chi connectivity index (χ0v) is 12.1. The average molecular weight is 319 g/mol. The van der Waals surface area contributed by atoms with Gasteiger partial charge in [-0.25, -0.2) is 8.78 Å². The number of hydrogen-bond acceptors (Lipinski definition) is 2. The van der Waals surface area contributed by atoms with Crippen molar-refractivity contribution in [2.75, 3.05) is 18.9 Å². The molecule has 0 radical (unpaired) electrons. The van der Waals surface area contributed by atoms with Crippen LogP contribution in [0, 0.1) is 11.6 Å². The van der Waals surface area contributed by atoms with Crippen molar-refractivity contribution in [1.29, 1.82) is 0 Å². The summed E-state index contributed by atoms with van der Waals surface area (Å²) in [6, 6.07) is 3.09. The molecule has 5 heteroatoms. The highest BCUT2D eigenvalue weighted by molar-refractivity contribution is 9.10. The molecular formula is C13H17BrF2N2. The summed E-state index contributed by atoms with van der Waals surface area (Å²) in [5, 5.41) is 3.17. The van der Waals surface area contributed by atoms with E-state index in [1.165, 1.54) is 6.07 Å². The van der Waals surface area contributed by atoms with Gasteiger partial charge in [-0.1, -0.05) is 0 Å². The fourth-order valence-electron chi connectivity index (χ4n) is 2.27. The predicted molar refractivity (Wildman–Crippen MR) is 72.8 cm³/mol. The maximum Gasteiger partial charge on any atom is 0.149 e. The van der Waals surface area contributed by atoms with Gasteiger partial charge in [-0.15, -0.1) is 0 Å². The van der Waals surface area contributed by atoms with Gasteiger partial charge in [-0.2, -0.15) is 0 Å². The minimum absolute atomic E-state index is 0.239. The molecule has 18 heavy (non-hydrogen) atoms. The molecule has 2 atom stereocenters. The van der Waals surface area contributed by atoms with E-state index in [4.69, 9.17) is 0 Å². The number of piperidine rings is 1. The summed E-state index contributed by atoms with van der Waals surface area (Å²) in [7, 11) is 2.09. The van der Waals surface area contributed by atoms with Crippen molar-refractivity contribution in [3.8, 4) is 0 Å². The van der Waals surface area contributed by atoms with E-state index >= 15 is 0 Å². The van der Waals surface area contributed by atoms with Crippen LogP contribution in [0.3, 0.4) is 0 Å². The second-order valence-electron chi connectivity index (χ2n) is 4.94. The summed E-state index contributed by atoms with van der Waals surface area (Å²) in [4.78, 5) is 2.29. The van der Waals surface area contributed by atoms with Gasteiger partial charge >= 0.3 is 0 Å². The van der Waals surface area contributed by atoms with Crippen LogP contribution < -0.4 is 5.32 Å². The van der Waals surface area contributed by atoms with Crippen LogP contribution in [0.4, 0.5) is 14.5 Å². The maximum absolute atomic E-state index is 13.6. The Morgan fingerprint density at radius 1 is 1.33 bits per heavy atom.